The fourth-order valence-electron chi connectivity index (χ4n) is 1.75. The van der Waals surface area contributed by atoms with Crippen molar-refractivity contribution in [3.8, 4) is 0 Å². The zero-order valence-corrected chi connectivity index (χ0v) is 20.3. The molecule has 0 aliphatic heterocycles. The number of pyridine rings is 2. The highest BCUT2D eigenvalue weighted by molar-refractivity contribution is 8.76. The van der Waals surface area contributed by atoms with Crippen molar-refractivity contribution in [2.45, 2.75) is 19.8 Å². The topological polar surface area (TPSA) is 153 Å². The Morgan fingerprint density at radius 1 is 0.781 bits per heavy atom. The molecule has 2 aromatic rings. The molecule has 12 nitrogen and oxygen atoms in total. The maximum absolute atomic E-state index is 12.1. The SMILES string of the molecule is CN(C)C(=O)Sc1ncc([N+](=O)[O-])cc1SSc1cc([N+](=O)[O-])cnc1SC(=O)N(C)C. The molecule has 2 heterocycles. The van der Waals surface area contributed by atoms with Crippen LogP contribution in [0.2, 0.25) is 0 Å². The summed E-state index contributed by atoms with van der Waals surface area (Å²) in [6.07, 6.45) is 2.10. The fraction of sp³-hybridized carbons (Fsp3) is 0.250. The van der Waals surface area contributed by atoms with E-state index in [1.165, 1.54) is 21.9 Å². The molecule has 0 bridgehead atoms. The predicted molar refractivity (Wildman–Crippen MR) is 123 cm³/mol. The van der Waals surface area contributed by atoms with Gasteiger partial charge in [-0.25, -0.2) is 9.97 Å². The summed E-state index contributed by atoms with van der Waals surface area (Å²) >= 11 is 1.58. The van der Waals surface area contributed by atoms with Gasteiger partial charge in [0.05, 0.1) is 19.6 Å². The second-order valence-electron chi connectivity index (χ2n) is 6.20. The number of nitrogens with zero attached hydrogens (tertiary/aromatic N) is 6. The summed E-state index contributed by atoms with van der Waals surface area (Å²) in [5, 5.41) is 22.1. The van der Waals surface area contributed by atoms with Crippen LogP contribution in [0.15, 0.2) is 44.4 Å². The number of carbonyl (C=O) groups is 2. The average Bonchev–Trinajstić information content (AvgIpc) is 2.73. The van der Waals surface area contributed by atoms with Crippen molar-refractivity contribution in [1.29, 1.82) is 0 Å². The summed E-state index contributed by atoms with van der Waals surface area (Å²) in [5.41, 5.74) is -0.548. The van der Waals surface area contributed by atoms with Gasteiger partial charge in [0.1, 0.15) is 22.4 Å². The van der Waals surface area contributed by atoms with Crippen molar-refractivity contribution in [3.05, 3.63) is 44.8 Å². The van der Waals surface area contributed by atoms with Crippen LogP contribution < -0.4 is 0 Å². The number of rotatable bonds is 7. The Kier molecular flexibility index (Phi) is 9.11. The number of carbonyl (C=O) groups excluding carboxylic acids is 2. The summed E-state index contributed by atoms with van der Waals surface area (Å²) in [4.78, 5) is 56.6. The van der Waals surface area contributed by atoms with E-state index in [1.807, 2.05) is 0 Å². The van der Waals surface area contributed by atoms with Crippen LogP contribution >= 0.6 is 45.1 Å². The Bertz CT molecular complexity index is 984. The van der Waals surface area contributed by atoms with Crippen molar-refractivity contribution in [2.75, 3.05) is 28.2 Å². The van der Waals surface area contributed by atoms with E-state index in [4.69, 9.17) is 0 Å². The number of nitro groups is 2. The van der Waals surface area contributed by atoms with Gasteiger partial charge in [-0.1, -0.05) is 0 Å². The number of hydrogen-bond donors (Lipinski definition) is 0. The minimum atomic E-state index is -0.615. The lowest BCUT2D eigenvalue weighted by atomic mass is 10.4. The van der Waals surface area contributed by atoms with Crippen LogP contribution in [-0.4, -0.2) is 68.3 Å². The molecule has 0 aliphatic rings. The first-order valence-corrected chi connectivity index (χ1v) is 12.2. The van der Waals surface area contributed by atoms with Crippen molar-refractivity contribution >= 4 is 67.0 Å². The van der Waals surface area contributed by atoms with E-state index in [0.717, 1.165) is 57.5 Å². The summed E-state index contributed by atoms with van der Waals surface area (Å²) in [6.45, 7) is 0. The minimum Gasteiger partial charge on any atom is -0.339 e. The van der Waals surface area contributed by atoms with E-state index < -0.39 is 9.85 Å². The van der Waals surface area contributed by atoms with Crippen molar-refractivity contribution in [2.24, 2.45) is 0 Å². The van der Waals surface area contributed by atoms with Gasteiger partial charge in [-0.2, -0.15) is 0 Å². The lowest BCUT2D eigenvalue weighted by molar-refractivity contribution is -0.385. The third-order valence-corrected chi connectivity index (χ3v) is 8.12. The minimum absolute atomic E-state index is 0.240. The van der Waals surface area contributed by atoms with Crippen molar-refractivity contribution in [3.63, 3.8) is 0 Å². The summed E-state index contributed by atoms with van der Waals surface area (Å²) in [6, 6.07) is 2.52. The van der Waals surface area contributed by atoms with E-state index in [1.54, 1.807) is 28.2 Å². The molecule has 0 aliphatic carbocycles. The summed E-state index contributed by atoms with van der Waals surface area (Å²) in [7, 11) is 8.26. The van der Waals surface area contributed by atoms with Crippen LogP contribution in [0.25, 0.3) is 0 Å². The Morgan fingerprint density at radius 2 is 1.12 bits per heavy atom. The highest BCUT2D eigenvalue weighted by atomic mass is 33.1. The highest BCUT2D eigenvalue weighted by Crippen LogP contribution is 2.45. The van der Waals surface area contributed by atoms with E-state index in [9.17, 15) is 29.8 Å². The molecule has 0 saturated heterocycles. The Balaban J connectivity index is 2.40. The molecule has 0 fully saturated rings. The molecule has 0 saturated carbocycles. The monoisotopic (exact) mass is 516 g/mol. The Morgan fingerprint density at radius 3 is 1.41 bits per heavy atom. The van der Waals surface area contributed by atoms with Gasteiger partial charge in [-0.15, -0.1) is 0 Å². The van der Waals surface area contributed by atoms with Gasteiger partial charge in [0.25, 0.3) is 21.9 Å². The molecular weight excluding hydrogens is 500 g/mol. The first-order valence-electron chi connectivity index (χ1n) is 8.41. The summed E-state index contributed by atoms with van der Waals surface area (Å²) in [5.74, 6) is 0. The van der Waals surface area contributed by atoms with E-state index in [-0.39, 0.29) is 31.9 Å². The van der Waals surface area contributed by atoms with Crippen LogP contribution in [0.5, 0.6) is 0 Å². The standard InChI is InChI=1S/C16H16N6O6S4/c1-19(2)15(23)29-13-11(5-9(7-17-13)21(25)26)31-32-12-6-10(22(27)28)8-18-14(12)30-16(24)20(3)4/h5-8H,1-4H3. The lowest BCUT2D eigenvalue weighted by Crippen LogP contribution is -2.16. The molecule has 0 atom stereocenters. The molecule has 2 rings (SSSR count). The van der Waals surface area contributed by atoms with Crippen molar-refractivity contribution < 1.29 is 19.4 Å². The highest BCUT2D eigenvalue weighted by Gasteiger charge is 2.21. The molecule has 0 N–H and O–H groups in total. The molecule has 0 spiro atoms. The van der Waals surface area contributed by atoms with Crippen LogP contribution in [0.3, 0.4) is 0 Å². The second kappa shape index (κ2) is 11.3. The zero-order chi connectivity index (χ0) is 24.0. The summed E-state index contributed by atoms with van der Waals surface area (Å²) < 4.78 is 0. The molecular formula is C16H16N6O6S4. The van der Waals surface area contributed by atoms with Crippen LogP contribution in [0.1, 0.15) is 0 Å². The Labute approximate surface area is 198 Å². The van der Waals surface area contributed by atoms with E-state index in [0.29, 0.717) is 9.79 Å². The van der Waals surface area contributed by atoms with Gasteiger partial charge in [0.15, 0.2) is 0 Å². The maximum Gasteiger partial charge on any atom is 0.288 e. The first kappa shape index (κ1) is 25.7. The molecule has 0 aromatic carbocycles. The number of thioether (sulfide) groups is 2. The quantitative estimate of drug-likeness (QED) is 0.218. The largest absolute Gasteiger partial charge is 0.339 e. The zero-order valence-electron chi connectivity index (χ0n) is 17.1. The van der Waals surface area contributed by atoms with Gasteiger partial charge < -0.3 is 9.80 Å². The molecule has 32 heavy (non-hydrogen) atoms. The number of amides is 2. The predicted octanol–water partition coefficient (Wildman–Crippen LogP) is 4.64. The van der Waals surface area contributed by atoms with E-state index >= 15 is 0 Å². The number of hydrogen-bond acceptors (Lipinski definition) is 12. The molecule has 2 aromatic heterocycles. The lowest BCUT2D eigenvalue weighted by Gasteiger charge is -2.12. The molecule has 0 radical (unpaired) electrons. The second-order valence-corrected chi connectivity index (χ2v) is 10.3. The van der Waals surface area contributed by atoms with Gasteiger partial charge in [-0.3, -0.25) is 29.8 Å². The van der Waals surface area contributed by atoms with Gasteiger partial charge in [0.2, 0.25) is 0 Å². The molecule has 170 valence electrons. The molecule has 2 amide bonds. The fourth-order valence-corrected chi connectivity index (χ4v) is 5.86. The first-order chi connectivity index (χ1) is 15.0. The third-order valence-electron chi connectivity index (χ3n) is 3.35. The van der Waals surface area contributed by atoms with Gasteiger partial charge in [-0.05, 0) is 45.1 Å². The van der Waals surface area contributed by atoms with Crippen LogP contribution in [0.4, 0.5) is 21.0 Å². The van der Waals surface area contributed by atoms with E-state index in [2.05, 4.69) is 9.97 Å². The van der Waals surface area contributed by atoms with Crippen LogP contribution in [-0.2, 0) is 0 Å². The number of aromatic nitrogens is 2. The molecule has 0 unspecified atom stereocenters. The average molecular weight is 517 g/mol. The maximum atomic E-state index is 12.1. The van der Waals surface area contributed by atoms with Gasteiger partial charge >= 0.3 is 0 Å². The van der Waals surface area contributed by atoms with Crippen LogP contribution in [0, 0.1) is 20.2 Å². The Hall–Kier alpha value is -2.56. The smallest absolute Gasteiger partial charge is 0.288 e. The van der Waals surface area contributed by atoms with Gasteiger partial charge in [0, 0.05) is 40.3 Å². The normalized spacial score (nSPS) is 10.5. The van der Waals surface area contributed by atoms with Crippen molar-refractivity contribution in [1.82, 2.24) is 19.8 Å². The molecule has 16 heteroatoms. The third kappa shape index (κ3) is 6.98.